The molecule has 2 aromatic rings. The number of ketones is 1. The maximum absolute atomic E-state index is 12.3. The third-order valence-corrected chi connectivity index (χ3v) is 4.93. The Morgan fingerprint density at radius 1 is 1.11 bits per heavy atom. The predicted octanol–water partition coefficient (Wildman–Crippen LogP) is 3.09. The Labute approximate surface area is 163 Å². The quantitative estimate of drug-likeness (QED) is 0.701. The van der Waals surface area contributed by atoms with Crippen molar-refractivity contribution in [1.82, 2.24) is 10.2 Å². The highest BCUT2D eigenvalue weighted by molar-refractivity contribution is 6.34. The molecule has 3 rings (SSSR count). The van der Waals surface area contributed by atoms with Crippen molar-refractivity contribution in [2.75, 3.05) is 32.8 Å². The summed E-state index contributed by atoms with van der Waals surface area (Å²) in [5.74, 6) is 0.510. The molecule has 1 aliphatic heterocycles. The molecule has 1 N–H and O–H groups in total. The first kappa shape index (κ1) is 19.6. The van der Waals surface area contributed by atoms with Crippen molar-refractivity contribution in [3.8, 4) is 0 Å². The van der Waals surface area contributed by atoms with E-state index in [-0.39, 0.29) is 30.6 Å². The number of ether oxygens (including phenoxy) is 1. The molecule has 7 heteroatoms. The van der Waals surface area contributed by atoms with Gasteiger partial charge in [0.2, 0.25) is 5.91 Å². The summed E-state index contributed by atoms with van der Waals surface area (Å²) in [6, 6.07) is 10.6. The van der Waals surface area contributed by atoms with Gasteiger partial charge < -0.3 is 14.5 Å². The van der Waals surface area contributed by atoms with Gasteiger partial charge in [0.15, 0.2) is 5.78 Å². The number of hydrogen-bond donors (Lipinski definition) is 1. The summed E-state index contributed by atoms with van der Waals surface area (Å²) >= 11 is 6.03. The minimum absolute atomic E-state index is 0.0490. The standard InChI is InChI=1S/C20H23ClN2O4/c21-16-5-2-1-4-15(16)18(24)7-8-20(25)22-14-17(19-6-3-11-27-19)23-9-12-26-13-10-23/h1-6,11,17H,7-10,12-14H2,(H,22,25). The summed E-state index contributed by atoms with van der Waals surface area (Å²) in [5.41, 5.74) is 0.453. The molecular weight excluding hydrogens is 368 g/mol. The lowest BCUT2D eigenvalue weighted by atomic mass is 10.1. The van der Waals surface area contributed by atoms with E-state index in [0.29, 0.717) is 30.3 Å². The number of hydrogen-bond acceptors (Lipinski definition) is 5. The van der Waals surface area contributed by atoms with Crippen molar-refractivity contribution in [2.24, 2.45) is 0 Å². The number of Topliss-reactive ketones (excluding diaryl/α,β-unsaturated/α-hetero) is 1. The highest BCUT2D eigenvalue weighted by Crippen LogP contribution is 2.22. The van der Waals surface area contributed by atoms with Crippen LogP contribution in [0.4, 0.5) is 0 Å². The summed E-state index contributed by atoms with van der Waals surface area (Å²) < 4.78 is 10.9. The fraction of sp³-hybridized carbons (Fsp3) is 0.400. The van der Waals surface area contributed by atoms with Crippen LogP contribution in [0.25, 0.3) is 0 Å². The van der Waals surface area contributed by atoms with E-state index >= 15 is 0 Å². The zero-order chi connectivity index (χ0) is 19.1. The molecule has 1 atom stereocenters. The van der Waals surface area contributed by atoms with Gasteiger partial charge >= 0.3 is 0 Å². The first-order chi connectivity index (χ1) is 13.1. The van der Waals surface area contributed by atoms with E-state index in [0.717, 1.165) is 18.8 Å². The highest BCUT2D eigenvalue weighted by Gasteiger charge is 2.25. The van der Waals surface area contributed by atoms with Crippen LogP contribution in [0.2, 0.25) is 5.02 Å². The van der Waals surface area contributed by atoms with Crippen molar-refractivity contribution in [1.29, 1.82) is 0 Å². The van der Waals surface area contributed by atoms with Crippen molar-refractivity contribution in [3.63, 3.8) is 0 Å². The molecule has 1 unspecified atom stereocenters. The van der Waals surface area contributed by atoms with Gasteiger partial charge in [0.1, 0.15) is 5.76 Å². The van der Waals surface area contributed by atoms with Crippen LogP contribution in [0, 0.1) is 0 Å². The zero-order valence-electron chi connectivity index (χ0n) is 15.0. The van der Waals surface area contributed by atoms with Crippen LogP contribution < -0.4 is 5.32 Å². The lowest BCUT2D eigenvalue weighted by Crippen LogP contribution is -2.43. The molecule has 6 nitrogen and oxygen atoms in total. The summed E-state index contributed by atoms with van der Waals surface area (Å²) in [4.78, 5) is 26.7. The third kappa shape index (κ3) is 5.42. The van der Waals surface area contributed by atoms with Crippen molar-refractivity contribution in [3.05, 3.63) is 59.0 Å². The molecule has 144 valence electrons. The van der Waals surface area contributed by atoms with Crippen molar-refractivity contribution in [2.45, 2.75) is 18.9 Å². The first-order valence-corrected chi connectivity index (χ1v) is 9.42. The number of morpholine rings is 1. The number of carbonyl (C=O) groups is 2. The normalized spacial score (nSPS) is 16.0. The van der Waals surface area contributed by atoms with Crippen LogP contribution in [0.3, 0.4) is 0 Å². The van der Waals surface area contributed by atoms with Crippen molar-refractivity contribution >= 4 is 23.3 Å². The molecule has 0 bridgehead atoms. The smallest absolute Gasteiger partial charge is 0.220 e. The van der Waals surface area contributed by atoms with E-state index in [1.807, 2.05) is 12.1 Å². The van der Waals surface area contributed by atoms with Gasteiger partial charge in [0, 0.05) is 38.0 Å². The van der Waals surface area contributed by atoms with Crippen LogP contribution in [0.5, 0.6) is 0 Å². The minimum Gasteiger partial charge on any atom is -0.468 e. The maximum atomic E-state index is 12.3. The maximum Gasteiger partial charge on any atom is 0.220 e. The lowest BCUT2D eigenvalue weighted by Gasteiger charge is -2.33. The molecule has 1 aromatic heterocycles. The van der Waals surface area contributed by atoms with E-state index in [4.69, 9.17) is 20.8 Å². The fourth-order valence-electron chi connectivity index (χ4n) is 3.13. The molecule has 1 saturated heterocycles. The second kappa shape index (κ2) is 9.69. The first-order valence-electron chi connectivity index (χ1n) is 9.05. The minimum atomic E-state index is -0.166. The molecule has 1 amide bonds. The fourth-order valence-corrected chi connectivity index (χ4v) is 3.37. The van der Waals surface area contributed by atoms with Gasteiger partial charge in [-0.2, -0.15) is 0 Å². The Morgan fingerprint density at radius 2 is 1.89 bits per heavy atom. The lowest BCUT2D eigenvalue weighted by molar-refractivity contribution is -0.121. The molecule has 1 fully saturated rings. The van der Waals surface area contributed by atoms with E-state index in [9.17, 15) is 9.59 Å². The number of nitrogens with zero attached hydrogens (tertiary/aromatic N) is 1. The topological polar surface area (TPSA) is 71.8 Å². The monoisotopic (exact) mass is 390 g/mol. The van der Waals surface area contributed by atoms with Crippen LogP contribution in [0.15, 0.2) is 47.1 Å². The second-order valence-corrected chi connectivity index (χ2v) is 6.79. The Bertz CT molecular complexity index is 757. The van der Waals surface area contributed by atoms with Gasteiger partial charge in [-0.3, -0.25) is 14.5 Å². The molecule has 0 radical (unpaired) electrons. The van der Waals surface area contributed by atoms with Crippen LogP contribution in [0.1, 0.15) is 35.0 Å². The average Bonchev–Trinajstić information content (AvgIpc) is 3.22. The van der Waals surface area contributed by atoms with Gasteiger partial charge in [-0.25, -0.2) is 0 Å². The second-order valence-electron chi connectivity index (χ2n) is 6.39. The summed E-state index contributed by atoms with van der Waals surface area (Å²) in [6.45, 7) is 3.32. The average molecular weight is 391 g/mol. The molecule has 27 heavy (non-hydrogen) atoms. The molecule has 0 aliphatic carbocycles. The van der Waals surface area contributed by atoms with E-state index < -0.39 is 0 Å². The molecule has 1 aliphatic rings. The largest absolute Gasteiger partial charge is 0.468 e. The number of amides is 1. The predicted molar refractivity (Wildman–Crippen MR) is 102 cm³/mol. The van der Waals surface area contributed by atoms with Gasteiger partial charge in [-0.15, -0.1) is 0 Å². The molecule has 1 aromatic carbocycles. The number of carbonyl (C=O) groups excluding carboxylic acids is 2. The van der Waals surface area contributed by atoms with E-state index in [1.54, 1.807) is 30.5 Å². The van der Waals surface area contributed by atoms with Gasteiger partial charge in [0.05, 0.1) is 30.5 Å². The molecule has 0 spiro atoms. The number of nitrogens with one attached hydrogen (secondary N) is 1. The number of halogens is 1. The summed E-state index contributed by atoms with van der Waals surface area (Å²) in [5, 5.41) is 3.33. The van der Waals surface area contributed by atoms with Crippen LogP contribution in [-0.2, 0) is 9.53 Å². The summed E-state index contributed by atoms with van der Waals surface area (Å²) in [7, 11) is 0. The molecule has 0 saturated carbocycles. The van der Waals surface area contributed by atoms with Crippen molar-refractivity contribution < 1.29 is 18.7 Å². The molecular formula is C20H23ClN2O4. The van der Waals surface area contributed by atoms with Crippen LogP contribution >= 0.6 is 11.6 Å². The van der Waals surface area contributed by atoms with Crippen LogP contribution in [-0.4, -0.2) is 49.4 Å². The third-order valence-electron chi connectivity index (χ3n) is 4.60. The van der Waals surface area contributed by atoms with Gasteiger partial charge in [-0.05, 0) is 24.3 Å². The van der Waals surface area contributed by atoms with E-state index in [2.05, 4.69) is 10.2 Å². The summed E-state index contributed by atoms with van der Waals surface area (Å²) in [6.07, 6.45) is 1.88. The Morgan fingerprint density at radius 3 is 2.59 bits per heavy atom. The number of benzene rings is 1. The SMILES string of the molecule is O=C(CCC(=O)c1ccccc1Cl)NCC(c1ccco1)N1CCOCC1. The zero-order valence-corrected chi connectivity index (χ0v) is 15.8. The van der Waals surface area contributed by atoms with Gasteiger partial charge in [0.25, 0.3) is 0 Å². The Hall–Kier alpha value is -2.15. The van der Waals surface area contributed by atoms with E-state index in [1.165, 1.54) is 0 Å². The Balaban J connectivity index is 1.52. The number of rotatable bonds is 8. The number of furan rings is 1. The highest BCUT2D eigenvalue weighted by atomic mass is 35.5. The molecule has 2 heterocycles. The Kier molecular flexibility index (Phi) is 7.04. The van der Waals surface area contributed by atoms with Gasteiger partial charge in [-0.1, -0.05) is 23.7 Å².